The van der Waals surface area contributed by atoms with Crippen molar-refractivity contribution in [3.8, 4) is 22.3 Å². The second-order valence-electron chi connectivity index (χ2n) is 14.0. The number of ether oxygens (including phenoxy) is 1. The predicted molar refractivity (Wildman–Crippen MR) is 225 cm³/mol. The normalized spacial score (nSPS) is 14.3. The molecule has 1 N–H and O–H groups in total. The summed E-state index contributed by atoms with van der Waals surface area (Å²) in [4.78, 5) is 2.43. The van der Waals surface area contributed by atoms with Gasteiger partial charge in [0.2, 0.25) is 0 Å². The van der Waals surface area contributed by atoms with Crippen molar-refractivity contribution in [2.45, 2.75) is 6.23 Å². The Kier molecular flexibility index (Phi) is 6.93. The third-order valence-corrected chi connectivity index (χ3v) is 11.0. The molecule has 0 bridgehead atoms. The minimum atomic E-state index is -0.207. The highest BCUT2D eigenvalue weighted by Gasteiger charge is 2.35. The van der Waals surface area contributed by atoms with E-state index in [1.807, 2.05) is 6.07 Å². The SMILES string of the molecule is c1ccc(-c2ccc(N(c3ccccc3)c3c4ccccc4c(-c4ccc5c6c(cccc46)C4=C5OC(c5ccccc5)N4)c4ccccc34)cc2)cc1. The summed E-state index contributed by atoms with van der Waals surface area (Å²) < 4.78 is 6.65. The summed E-state index contributed by atoms with van der Waals surface area (Å²) in [5.41, 5.74) is 12.8. The van der Waals surface area contributed by atoms with E-state index < -0.39 is 0 Å². The Morgan fingerprint density at radius 3 is 1.63 bits per heavy atom. The van der Waals surface area contributed by atoms with Gasteiger partial charge in [-0.2, -0.15) is 0 Å². The standard InChI is InChI=1S/C51H34N2O/c1-4-15-33(16-5-1)34-27-29-37(30-28-34)53(36-19-8-3-9-20-36)49-42-23-12-10-21-39(42)46(40-22-11-13-24-43(40)49)41-31-32-45-47-38(41)25-14-26-44(47)48-50(45)54-51(52-48)35-17-6-2-7-18-35/h1-32,51-52H. The molecule has 0 radical (unpaired) electrons. The molecular weight excluding hydrogens is 657 g/mol. The fraction of sp³-hybridized carbons (Fsp3) is 0.0196. The van der Waals surface area contributed by atoms with Crippen molar-refractivity contribution in [1.29, 1.82) is 0 Å². The maximum atomic E-state index is 6.65. The average Bonchev–Trinajstić information content (AvgIpc) is 3.82. The Morgan fingerprint density at radius 1 is 0.407 bits per heavy atom. The summed E-state index contributed by atoms with van der Waals surface area (Å²) in [5.74, 6) is 0.934. The van der Waals surface area contributed by atoms with Crippen molar-refractivity contribution in [2.75, 3.05) is 4.90 Å². The number of fused-ring (bicyclic) bond motifs is 4. The van der Waals surface area contributed by atoms with Gasteiger partial charge in [0.05, 0.1) is 11.4 Å². The molecule has 0 fully saturated rings. The Bertz CT molecular complexity index is 2840. The molecule has 0 saturated carbocycles. The lowest BCUT2D eigenvalue weighted by Crippen LogP contribution is -2.15. The minimum Gasteiger partial charge on any atom is -0.464 e. The summed E-state index contributed by atoms with van der Waals surface area (Å²) in [6.45, 7) is 0. The number of hydrogen-bond donors (Lipinski definition) is 1. The number of para-hydroxylation sites is 1. The highest BCUT2D eigenvalue weighted by Crippen LogP contribution is 2.53. The van der Waals surface area contributed by atoms with Crippen LogP contribution in [0.1, 0.15) is 22.9 Å². The van der Waals surface area contributed by atoms with Gasteiger partial charge in [-0.25, -0.2) is 0 Å². The van der Waals surface area contributed by atoms with Gasteiger partial charge in [0.1, 0.15) is 0 Å². The molecule has 1 atom stereocenters. The van der Waals surface area contributed by atoms with Crippen molar-refractivity contribution in [3.63, 3.8) is 0 Å². The molecule has 0 saturated heterocycles. The third-order valence-electron chi connectivity index (χ3n) is 11.0. The minimum absolute atomic E-state index is 0.207. The van der Waals surface area contributed by atoms with Gasteiger partial charge in [-0.3, -0.25) is 0 Å². The summed E-state index contributed by atoms with van der Waals surface area (Å²) in [7, 11) is 0. The smallest absolute Gasteiger partial charge is 0.196 e. The number of anilines is 3. The lowest BCUT2D eigenvalue weighted by molar-refractivity contribution is 0.175. The van der Waals surface area contributed by atoms with E-state index in [1.165, 1.54) is 65.8 Å². The second-order valence-corrected chi connectivity index (χ2v) is 14.0. The highest BCUT2D eigenvalue weighted by atomic mass is 16.5. The maximum absolute atomic E-state index is 6.65. The average molecular weight is 691 g/mol. The molecule has 0 amide bonds. The van der Waals surface area contributed by atoms with E-state index in [2.05, 4.69) is 198 Å². The summed E-state index contributed by atoms with van der Waals surface area (Å²) >= 11 is 0. The van der Waals surface area contributed by atoms with Crippen LogP contribution < -0.4 is 10.2 Å². The molecule has 0 spiro atoms. The van der Waals surface area contributed by atoms with E-state index >= 15 is 0 Å². The fourth-order valence-corrected chi connectivity index (χ4v) is 8.66. The fourth-order valence-electron chi connectivity index (χ4n) is 8.66. The summed E-state index contributed by atoms with van der Waals surface area (Å²) in [5, 5.41) is 11.0. The van der Waals surface area contributed by atoms with E-state index in [0.29, 0.717) is 0 Å². The topological polar surface area (TPSA) is 24.5 Å². The largest absolute Gasteiger partial charge is 0.464 e. The van der Waals surface area contributed by atoms with Gasteiger partial charge < -0.3 is 15.0 Å². The summed E-state index contributed by atoms with van der Waals surface area (Å²) in [6, 6.07) is 69.8. The van der Waals surface area contributed by atoms with Crippen molar-refractivity contribution >= 4 is 60.8 Å². The number of benzene rings is 9. The molecule has 0 aromatic heterocycles. The first kappa shape index (κ1) is 30.5. The van der Waals surface area contributed by atoms with Crippen molar-refractivity contribution < 1.29 is 4.74 Å². The zero-order chi connectivity index (χ0) is 35.6. The Balaban J connectivity index is 1.11. The van der Waals surface area contributed by atoms with E-state index in [1.54, 1.807) is 0 Å². The first-order valence-electron chi connectivity index (χ1n) is 18.6. The molecule has 54 heavy (non-hydrogen) atoms. The second kappa shape index (κ2) is 12.3. The van der Waals surface area contributed by atoms with Gasteiger partial charge >= 0.3 is 0 Å². The monoisotopic (exact) mass is 690 g/mol. The van der Waals surface area contributed by atoms with Crippen LogP contribution in [-0.4, -0.2) is 0 Å². The molecule has 9 aromatic rings. The molecule has 11 rings (SSSR count). The zero-order valence-corrected chi connectivity index (χ0v) is 29.4. The van der Waals surface area contributed by atoms with E-state index in [4.69, 9.17) is 4.74 Å². The highest BCUT2D eigenvalue weighted by molar-refractivity contribution is 6.26. The third kappa shape index (κ3) is 4.69. The Morgan fingerprint density at radius 2 is 0.944 bits per heavy atom. The molecule has 1 unspecified atom stereocenters. The lowest BCUT2D eigenvalue weighted by Gasteiger charge is -2.30. The summed E-state index contributed by atoms with van der Waals surface area (Å²) in [6.07, 6.45) is -0.207. The van der Waals surface area contributed by atoms with E-state index in [-0.39, 0.29) is 6.23 Å². The Labute approximate surface area is 314 Å². The van der Waals surface area contributed by atoms with Crippen LogP contribution in [0.15, 0.2) is 194 Å². The van der Waals surface area contributed by atoms with Crippen molar-refractivity contribution in [3.05, 3.63) is 211 Å². The van der Waals surface area contributed by atoms with Crippen molar-refractivity contribution in [1.82, 2.24) is 5.32 Å². The van der Waals surface area contributed by atoms with Crippen LogP contribution in [0.4, 0.5) is 17.1 Å². The molecule has 2 aliphatic rings. The first-order chi connectivity index (χ1) is 26.8. The predicted octanol–water partition coefficient (Wildman–Crippen LogP) is 13.4. The molecule has 1 aliphatic carbocycles. The van der Waals surface area contributed by atoms with Crippen LogP contribution >= 0.6 is 0 Å². The van der Waals surface area contributed by atoms with E-state index in [0.717, 1.165) is 34.0 Å². The van der Waals surface area contributed by atoms with Crippen LogP contribution in [0, 0.1) is 0 Å². The van der Waals surface area contributed by atoms with Gasteiger partial charge in [-0.15, -0.1) is 0 Å². The van der Waals surface area contributed by atoms with Gasteiger partial charge in [0, 0.05) is 44.2 Å². The molecule has 9 aromatic carbocycles. The van der Waals surface area contributed by atoms with Crippen molar-refractivity contribution in [2.24, 2.45) is 0 Å². The molecule has 254 valence electrons. The molecule has 3 heteroatoms. The molecule has 1 heterocycles. The quantitative estimate of drug-likeness (QED) is 0.176. The molecular formula is C51H34N2O. The van der Waals surface area contributed by atoms with Gasteiger partial charge in [0.15, 0.2) is 12.0 Å². The van der Waals surface area contributed by atoms with Gasteiger partial charge in [0.25, 0.3) is 0 Å². The first-order valence-corrected chi connectivity index (χ1v) is 18.6. The lowest BCUT2D eigenvalue weighted by atomic mass is 9.86. The number of hydrogen-bond acceptors (Lipinski definition) is 3. The van der Waals surface area contributed by atoms with Gasteiger partial charge in [-0.05, 0) is 68.7 Å². The number of nitrogens with one attached hydrogen (secondary N) is 1. The van der Waals surface area contributed by atoms with Crippen LogP contribution in [0.5, 0.6) is 0 Å². The van der Waals surface area contributed by atoms with Gasteiger partial charge in [-0.1, -0.05) is 164 Å². The Hall–Kier alpha value is -7.10. The molecule has 3 nitrogen and oxygen atoms in total. The zero-order valence-electron chi connectivity index (χ0n) is 29.4. The van der Waals surface area contributed by atoms with E-state index in [9.17, 15) is 0 Å². The number of rotatable bonds is 6. The van der Waals surface area contributed by atoms with Crippen LogP contribution in [-0.2, 0) is 4.74 Å². The molecule has 1 aliphatic heterocycles. The van der Waals surface area contributed by atoms with Crippen LogP contribution in [0.2, 0.25) is 0 Å². The van der Waals surface area contributed by atoms with Crippen LogP contribution in [0.25, 0.3) is 66.0 Å². The maximum Gasteiger partial charge on any atom is 0.196 e. The van der Waals surface area contributed by atoms with Crippen LogP contribution in [0.3, 0.4) is 0 Å². The number of nitrogens with zero attached hydrogens (tertiary/aromatic N) is 1.